The molecule has 0 aliphatic heterocycles. The van der Waals surface area contributed by atoms with E-state index in [1.54, 1.807) is 6.07 Å². The Labute approximate surface area is 186 Å². The average Bonchev–Trinajstić information content (AvgIpc) is 3.20. The molecule has 0 spiro atoms. The lowest BCUT2D eigenvalue weighted by Crippen LogP contribution is -2.29. The third-order valence-electron chi connectivity index (χ3n) is 4.85. The van der Waals surface area contributed by atoms with Gasteiger partial charge in [0.15, 0.2) is 11.0 Å². The van der Waals surface area contributed by atoms with E-state index in [9.17, 15) is 9.59 Å². The van der Waals surface area contributed by atoms with Crippen molar-refractivity contribution >= 4 is 23.6 Å². The van der Waals surface area contributed by atoms with Gasteiger partial charge in [-0.2, -0.15) is 0 Å². The van der Waals surface area contributed by atoms with Crippen molar-refractivity contribution in [3.05, 3.63) is 77.1 Å². The van der Waals surface area contributed by atoms with E-state index in [-0.39, 0.29) is 23.6 Å². The highest BCUT2D eigenvalue weighted by Crippen LogP contribution is 2.21. The molecule has 0 saturated heterocycles. The van der Waals surface area contributed by atoms with Crippen LogP contribution in [-0.4, -0.2) is 32.3 Å². The summed E-state index contributed by atoms with van der Waals surface area (Å²) >= 11 is 1.34. The Morgan fingerprint density at radius 3 is 2.48 bits per heavy atom. The second-order valence-electron chi connectivity index (χ2n) is 7.15. The third-order valence-corrected chi connectivity index (χ3v) is 5.82. The highest BCUT2D eigenvalue weighted by atomic mass is 32.2. The molecular formula is C23H27N5O2S. The molecule has 3 rings (SSSR count). The normalized spacial score (nSPS) is 11.7. The van der Waals surface area contributed by atoms with Gasteiger partial charge in [0.05, 0.1) is 11.8 Å². The second kappa shape index (κ2) is 10.8. The predicted octanol–water partition coefficient (Wildman–Crippen LogP) is 3.51. The van der Waals surface area contributed by atoms with Crippen LogP contribution in [-0.2, 0) is 17.9 Å². The number of carbonyl (C=O) groups excluding carboxylic acids is 2. The Morgan fingerprint density at radius 1 is 1.06 bits per heavy atom. The standard InChI is InChI=1S/C23H27N5O2S/c1-4-28-21(17(3)25-22(30)19-13-9-8-10-16(19)2)26-27-23(28)31-15-20(29)24-14-18-11-6-5-7-12-18/h5-13,17H,4,14-15H2,1-3H3,(H,24,29)(H,25,30)/t17-/m0/s1. The van der Waals surface area contributed by atoms with Gasteiger partial charge in [-0.3, -0.25) is 9.59 Å². The fourth-order valence-electron chi connectivity index (χ4n) is 3.17. The first-order chi connectivity index (χ1) is 15.0. The molecule has 0 radical (unpaired) electrons. The lowest BCUT2D eigenvalue weighted by Gasteiger charge is -2.16. The molecule has 0 aliphatic rings. The molecule has 7 nitrogen and oxygen atoms in total. The molecule has 2 aromatic carbocycles. The largest absolute Gasteiger partial charge is 0.351 e. The minimum Gasteiger partial charge on any atom is -0.351 e. The molecule has 0 saturated carbocycles. The van der Waals surface area contributed by atoms with Crippen molar-refractivity contribution in [1.29, 1.82) is 0 Å². The van der Waals surface area contributed by atoms with Crippen molar-refractivity contribution < 1.29 is 9.59 Å². The third kappa shape index (κ3) is 5.95. The van der Waals surface area contributed by atoms with Crippen LogP contribution in [0.2, 0.25) is 0 Å². The quantitative estimate of drug-likeness (QED) is 0.500. The number of thioether (sulfide) groups is 1. The van der Waals surface area contributed by atoms with Crippen molar-refractivity contribution in [2.75, 3.05) is 5.75 Å². The Hall–Kier alpha value is -3.13. The number of amides is 2. The zero-order valence-electron chi connectivity index (χ0n) is 18.0. The fourth-order valence-corrected chi connectivity index (χ4v) is 4.01. The molecule has 1 atom stereocenters. The van der Waals surface area contributed by atoms with E-state index < -0.39 is 0 Å². The Kier molecular flexibility index (Phi) is 7.83. The number of rotatable bonds is 9. The molecule has 0 unspecified atom stereocenters. The maximum absolute atomic E-state index is 12.6. The number of hydrogen-bond acceptors (Lipinski definition) is 5. The molecule has 1 aromatic heterocycles. The van der Waals surface area contributed by atoms with Crippen molar-refractivity contribution in [2.24, 2.45) is 0 Å². The van der Waals surface area contributed by atoms with Crippen LogP contribution < -0.4 is 10.6 Å². The van der Waals surface area contributed by atoms with E-state index in [0.29, 0.717) is 29.6 Å². The van der Waals surface area contributed by atoms with Gasteiger partial charge < -0.3 is 15.2 Å². The molecule has 0 fully saturated rings. The monoisotopic (exact) mass is 437 g/mol. The minimum absolute atomic E-state index is 0.0676. The topological polar surface area (TPSA) is 88.9 Å². The molecule has 31 heavy (non-hydrogen) atoms. The van der Waals surface area contributed by atoms with Crippen LogP contribution in [0.3, 0.4) is 0 Å². The van der Waals surface area contributed by atoms with Gasteiger partial charge in [-0.1, -0.05) is 60.3 Å². The van der Waals surface area contributed by atoms with Gasteiger partial charge in [0.2, 0.25) is 5.91 Å². The zero-order chi connectivity index (χ0) is 22.2. The number of hydrogen-bond donors (Lipinski definition) is 2. The molecular weight excluding hydrogens is 410 g/mol. The van der Waals surface area contributed by atoms with Gasteiger partial charge in [-0.05, 0) is 38.0 Å². The first kappa shape index (κ1) is 22.6. The van der Waals surface area contributed by atoms with Crippen molar-refractivity contribution in [3.63, 3.8) is 0 Å². The highest BCUT2D eigenvalue weighted by Gasteiger charge is 2.20. The molecule has 162 valence electrons. The lowest BCUT2D eigenvalue weighted by molar-refractivity contribution is -0.118. The summed E-state index contributed by atoms with van der Waals surface area (Å²) < 4.78 is 1.93. The van der Waals surface area contributed by atoms with E-state index >= 15 is 0 Å². The molecule has 1 heterocycles. The average molecular weight is 438 g/mol. The summed E-state index contributed by atoms with van der Waals surface area (Å²) in [6, 6.07) is 16.9. The van der Waals surface area contributed by atoms with Gasteiger partial charge >= 0.3 is 0 Å². The Bertz CT molecular complexity index is 1040. The van der Waals surface area contributed by atoms with Crippen molar-refractivity contribution in [1.82, 2.24) is 25.4 Å². The van der Waals surface area contributed by atoms with E-state index in [1.165, 1.54) is 11.8 Å². The minimum atomic E-state index is -0.319. The Morgan fingerprint density at radius 2 is 1.77 bits per heavy atom. The number of aromatic nitrogens is 3. The molecule has 8 heteroatoms. The van der Waals surface area contributed by atoms with Crippen LogP contribution in [0.1, 0.15) is 47.2 Å². The number of aryl methyl sites for hydroxylation is 1. The summed E-state index contributed by atoms with van der Waals surface area (Å²) in [6.45, 7) is 6.91. The van der Waals surface area contributed by atoms with Gasteiger partial charge in [0.1, 0.15) is 0 Å². The first-order valence-electron chi connectivity index (χ1n) is 10.2. The van der Waals surface area contributed by atoms with Gasteiger partial charge in [-0.15, -0.1) is 10.2 Å². The van der Waals surface area contributed by atoms with Crippen LogP contribution >= 0.6 is 11.8 Å². The van der Waals surface area contributed by atoms with Crippen LogP contribution in [0.4, 0.5) is 0 Å². The summed E-state index contributed by atoms with van der Waals surface area (Å²) in [5.41, 5.74) is 2.61. The Balaban J connectivity index is 1.58. The summed E-state index contributed by atoms with van der Waals surface area (Å²) in [5.74, 6) is 0.693. The smallest absolute Gasteiger partial charge is 0.252 e. The zero-order valence-corrected chi connectivity index (χ0v) is 18.8. The van der Waals surface area contributed by atoms with E-state index in [1.807, 2.05) is 73.9 Å². The summed E-state index contributed by atoms with van der Waals surface area (Å²) in [7, 11) is 0. The summed E-state index contributed by atoms with van der Waals surface area (Å²) in [4.78, 5) is 24.9. The second-order valence-corrected chi connectivity index (χ2v) is 8.09. The molecule has 0 aliphatic carbocycles. The SMILES string of the molecule is CCn1c(SCC(=O)NCc2ccccc2)nnc1[C@H](C)NC(=O)c1ccccc1C. The maximum Gasteiger partial charge on any atom is 0.252 e. The number of nitrogens with zero attached hydrogens (tertiary/aromatic N) is 3. The van der Waals surface area contributed by atoms with Crippen LogP contribution in [0.25, 0.3) is 0 Å². The van der Waals surface area contributed by atoms with Crippen molar-refractivity contribution in [3.8, 4) is 0 Å². The number of carbonyl (C=O) groups is 2. The molecule has 2 N–H and O–H groups in total. The van der Waals surface area contributed by atoms with E-state index in [2.05, 4.69) is 20.8 Å². The highest BCUT2D eigenvalue weighted by molar-refractivity contribution is 7.99. The van der Waals surface area contributed by atoms with Crippen LogP contribution in [0.15, 0.2) is 59.8 Å². The summed E-state index contributed by atoms with van der Waals surface area (Å²) in [6.07, 6.45) is 0. The maximum atomic E-state index is 12.6. The molecule has 2 amide bonds. The fraction of sp³-hybridized carbons (Fsp3) is 0.304. The van der Waals surface area contributed by atoms with Gasteiger partial charge in [0, 0.05) is 18.7 Å². The summed E-state index contributed by atoms with van der Waals surface area (Å²) in [5, 5.41) is 15.1. The van der Waals surface area contributed by atoms with Gasteiger partial charge in [-0.25, -0.2) is 0 Å². The van der Waals surface area contributed by atoms with E-state index in [0.717, 1.165) is 11.1 Å². The van der Waals surface area contributed by atoms with E-state index in [4.69, 9.17) is 0 Å². The molecule has 3 aromatic rings. The van der Waals surface area contributed by atoms with Crippen molar-refractivity contribution in [2.45, 2.75) is 45.1 Å². The first-order valence-corrected chi connectivity index (χ1v) is 11.2. The van der Waals surface area contributed by atoms with Gasteiger partial charge in [0.25, 0.3) is 5.91 Å². The lowest BCUT2D eigenvalue weighted by atomic mass is 10.1. The predicted molar refractivity (Wildman–Crippen MR) is 122 cm³/mol. The van der Waals surface area contributed by atoms with Crippen LogP contribution in [0.5, 0.6) is 0 Å². The molecule has 0 bridgehead atoms. The number of benzene rings is 2. The number of nitrogens with one attached hydrogen (secondary N) is 2. The van der Waals surface area contributed by atoms with Crippen LogP contribution in [0, 0.1) is 6.92 Å².